The highest BCUT2D eigenvalue weighted by Gasteiger charge is 2.12. The Morgan fingerprint density at radius 3 is 2.71 bits per heavy atom. The first kappa shape index (κ1) is 10.2. The molecule has 0 bridgehead atoms. The molecule has 1 aromatic rings. The fraction of sp³-hybridized carbons (Fsp3) is 0.111. The van der Waals surface area contributed by atoms with Crippen molar-refractivity contribution in [3.05, 3.63) is 34.6 Å². The van der Waals surface area contributed by atoms with E-state index in [4.69, 9.17) is 16.1 Å². The van der Waals surface area contributed by atoms with E-state index in [0.717, 1.165) is 12.1 Å². The van der Waals surface area contributed by atoms with Gasteiger partial charge in [0.15, 0.2) is 0 Å². The molecular weight excluding hydrogens is 187 g/mol. The average molecular weight is 194 g/mol. The molecule has 0 saturated heterocycles. The minimum atomic E-state index is -1.27. The van der Waals surface area contributed by atoms with Gasteiger partial charge >= 0.3 is 5.97 Å². The Labute approximate surface area is 79.4 Å². The van der Waals surface area contributed by atoms with Crippen molar-refractivity contribution in [2.45, 2.75) is 6.54 Å². The molecule has 0 atom stereocenters. The Hall–Kier alpha value is -1.93. The quantitative estimate of drug-likeness (QED) is 0.730. The maximum absolute atomic E-state index is 13.2. The van der Waals surface area contributed by atoms with E-state index < -0.39 is 11.8 Å². The molecule has 5 heteroatoms. The molecule has 1 rings (SSSR count). The van der Waals surface area contributed by atoms with Gasteiger partial charge in [-0.2, -0.15) is 5.26 Å². The molecule has 0 amide bonds. The van der Waals surface area contributed by atoms with Crippen LogP contribution in [-0.2, 0) is 6.54 Å². The first-order valence-electron chi connectivity index (χ1n) is 3.76. The van der Waals surface area contributed by atoms with Crippen LogP contribution in [0.2, 0.25) is 0 Å². The van der Waals surface area contributed by atoms with Crippen LogP contribution in [0.25, 0.3) is 0 Å². The molecule has 4 nitrogen and oxygen atoms in total. The van der Waals surface area contributed by atoms with Gasteiger partial charge in [-0.3, -0.25) is 0 Å². The van der Waals surface area contributed by atoms with E-state index in [1.54, 1.807) is 6.07 Å². The fourth-order valence-electron chi connectivity index (χ4n) is 1.07. The highest BCUT2D eigenvalue weighted by atomic mass is 19.1. The predicted octanol–water partition coefficient (Wildman–Crippen LogP) is 0.854. The van der Waals surface area contributed by atoms with Gasteiger partial charge in [0.1, 0.15) is 5.82 Å². The van der Waals surface area contributed by atoms with Crippen molar-refractivity contribution in [2.75, 3.05) is 0 Å². The molecule has 72 valence electrons. The Morgan fingerprint density at radius 2 is 2.29 bits per heavy atom. The first-order valence-corrected chi connectivity index (χ1v) is 3.76. The molecule has 0 unspecified atom stereocenters. The minimum absolute atomic E-state index is 0.0371. The number of carboxylic acids is 1. The van der Waals surface area contributed by atoms with Crippen LogP contribution in [-0.4, -0.2) is 11.1 Å². The lowest BCUT2D eigenvalue weighted by Gasteiger charge is -2.03. The molecule has 0 aliphatic heterocycles. The maximum Gasteiger partial charge on any atom is 0.335 e. The van der Waals surface area contributed by atoms with Crippen LogP contribution >= 0.6 is 0 Å². The number of hydrogen-bond acceptors (Lipinski definition) is 3. The zero-order chi connectivity index (χ0) is 10.7. The van der Waals surface area contributed by atoms with Crippen LogP contribution in [0.5, 0.6) is 0 Å². The van der Waals surface area contributed by atoms with Gasteiger partial charge in [-0.15, -0.1) is 0 Å². The van der Waals surface area contributed by atoms with E-state index in [-0.39, 0.29) is 23.2 Å². The van der Waals surface area contributed by atoms with Crippen molar-refractivity contribution in [1.82, 2.24) is 0 Å². The van der Waals surface area contributed by atoms with Crippen LogP contribution in [0, 0.1) is 17.1 Å². The molecule has 0 fully saturated rings. The van der Waals surface area contributed by atoms with Gasteiger partial charge in [-0.25, -0.2) is 9.18 Å². The number of carbonyl (C=O) groups is 1. The number of nitrogens with zero attached hydrogens (tertiary/aromatic N) is 1. The van der Waals surface area contributed by atoms with Crippen molar-refractivity contribution >= 4 is 5.97 Å². The number of halogens is 1. The maximum atomic E-state index is 13.2. The number of aromatic carboxylic acids is 1. The van der Waals surface area contributed by atoms with Crippen LogP contribution < -0.4 is 5.73 Å². The first-order chi connectivity index (χ1) is 6.60. The summed E-state index contributed by atoms with van der Waals surface area (Å²) in [6.07, 6.45) is 0. The summed E-state index contributed by atoms with van der Waals surface area (Å²) in [6.45, 7) is -0.130. The van der Waals surface area contributed by atoms with Gasteiger partial charge in [-0.1, -0.05) is 0 Å². The molecule has 0 radical (unpaired) electrons. The number of nitriles is 1. The third-order valence-electron chi connectivity index (χ3n) is 1.77. The summed E-state index contributed by atoms with van der Waals surface area (Å²) in [5.41, 5.74) is 4.96. The summed E-state index contributed by atoms with van der Waals surface area (Å²) in [7, 11) is 0. The largest absolute Gasteiger partial charge is 0.478 e. The van der Waals surface area contributed by atoms with Crippen LogP contribution in [0.4, 0.5) is 4.39 Å². The van der Waals surface area contributed by atoms with Crippen LogP contribution in [0.1, 0.15) is 21.5 Å². The fourth-order valence-corrected chi connectivity index (χ4v) is 1.07. The summed E-state index contributed by atoms with van der Waals surface area (Å²) in [6, 6.07) is 3.66. The van der Waals surface area contributed by atoms with Crippen LogP contribution in [0.3, 0.4) is 0 Å². The lowest BCUT2D eigenvalue weighted by atomic mass is 10.0. The minimum Gasteiger partial charge on any atom is -0.478 e. The Bertz CT molecular complexity index is 424. The number of carboxylic acid groups (broad SMARTS) is 1. The molecule has 0 aliphatic carbocycles. The molecule has 0 aliphatic rings. The average Bonchev–Trinajstić information content (AvgIpc) is 2.16. The Morgan fingerprint density at radius 1 is 1.64 bits per heavy atom. The summed E-state index contributed by atoms with van der Waals surface area (Å²) in [4.78, 5) is 10.5. The third-order valence-corrected chi connectivity index (χ3v) is 1.77. The summed E-state index contributed by atoms with van der Waals surface area (Å²) < 4.78 is 13.2. The summed E-state index contributed by atoms with van der Waals surface area (Å²) in [5.74, 6) is -2.03. The summed E-state index contributed by atoms with van der Waals surface area (Å²) in [5, 5.41) is 17.2. The normalized spacial score (nSPS) is 9.50. The number of hydrogen-bond donors (Lipinski definition) is 2. The number of nitrogens with two attached hydrogens (primary N) is 1. The van der Waals surface area contributed by atoms with E-state index in [9.17, 15) is 9.18 Å². The highest BCUT2D eigenvalue weighted by molar-refractivity contribution is 5.88. The zero-order valence-corrected chi connectivity index (χ0v) is 7.12. The molecule has 0 heterocycles. The van der Waals surface area contributed by atoms with Crippen molar-refractivity contribution in [2.24, 2.45) is 5.73 Å². The van der Waals surface area contributed by atoms with Crippen molar-refractivity contribution in [3.8, 4) is 6.07 Å². The number of rotatable bonds is 2. The standard InChI is InChI=1S/C9H7FN2O2/c10-8-2-5(9(13)14)1-6(3-11)7(8)4-12/h1-2H,4,12H2,(H,13,14). The van der Waals surface area contributed by atoms with Gasteiger partial charge in [-0.05, 0) is 12.1 Å². The van der Waals surface area contributed by atoms with E-state index >= 15 is 0 Å². The smallest absolute Gasteiger partial charge is 0.335 e. The highest BCUT2D eigenvalue weighted by Crippen LogP contribution is 2.15. The van der Waals surface area contributed by atoms with E-state index in [1.165, 1.54) is 0 Å². The second kappa shape index (κ2) is 3.85. The molecule has 1 aromatic carbocycles. The molecule has 0 saturated carbocycles. The monoisotopic (exact) mass is 194 g/mol. The van der Waals surface area contributed by atoms with E-state index in [2.05, 4.69) is 0 Å². The molecule has 0 aromatic heterocycles. The van der Waals surface area contributed by atoms with Crippen LogP contribution in [0.15, 0.2) is 12.1 Å². The number of benzene rings is 1. The third kappa shape index (κ3) is 1.70. The van der Waals surface area contributed by atoms with E-state index in [0.29, 0.717) is 0 Å². The molecule has 14 heavy (non-hydrogen) atoms. The van der Waals surface area contributed by atoms with Gasteiger partial charge in [0, 0.05) is 12.1 Å². The predicted molar refractivity (Wildman–Crippen MR) is 46.0 cm³/mol. The van der Waals surface area contributed by atoms with Gasteiger partial charge in [0.05, 0.1) is 17.2 Å². The second-order valence-corrected chi connectivity index (χ2v) is 2.61. The molecule has 3 N–H and O–H groups in total. The van der Waals surface area contributed by atoms with Crippen molar-refractivity contribution in [3.63, 3.8) is 0 Å². The molecular formula is C9H7FN2O2. The SMILES string of the molecule is N#Cc1cc(C(=O)O)cc(F)c1CN. The lowest BCUT2D eigenvalue weighted by Crippen LogP contribution is -2.06. The van der Waals surface area contributed by atoms with Gasteiger partial charge < -0.3 is 10.8 Å². The van der Waals surface area contributed by atoms with Gasteiger partial charge in [0.25, 0.3) is 0 Å². The van der Waals surface area contributed by atoms with E-state index in [1.807, 2.05) is 0 Å². The zero-order valence-electron chi connectivity index (χ0n) is 7.12. The Kier molecular flexibility index (Phi) is 2.79. The summed E-state index contributed by atoms with van der Waals surface area (Å²) >= 11 is 0. The van der Waals surface area contributed by atoms with Crippen molar-refractivity contribution in [1.29, 1.82) is 5.26 Å². The topological polar surface area (TPSA) is 87.1 Å². The van der Waals surface area contributed by atoms with Crippen molar-refractivity contribution < 1.29 is 14.3 Å². The van der Waals surface area contributed by atoms with Gasteiger partial charge in [0.2, 0.25) is 0 Å². The second-order valence-electron chi connectivity index (χ2n) is 2.61. The lowest BCUT2D eigenvalue weighted by molar-refractivity contribution is 0.0696. The Balaban J connectivity index is 3.41. The molecule has 0 spiro atoms.